The molecule has 0 aliphatic carbocycles. The molecule has 1 aliphatic heterocycles. The Labute approximate surface area is 116 Å². The average Bonchev–Trinajstić information content (AvgIpc) is 2.90. The van der Waals surface area contributed by atoms with E-state index in [4.69, 9.17) is 0 Å². The fourth-order valence-electron chi connectivity index (χ4n) is 2.39. The van der Waals surface area contributed by atoms with Crippen LogP contribution in [0.3, 0.4) is 0 Å². The third-order valence-electron chi connectivity index (χ3n) is 3.51. The summed E-state index contributed by atoms with van der Waals surface area (Å²) in [7, 11) is 0. The third-order valence-corrected chi connectivity index (χ3v) is 4.54. The Bertz CT molecular complexity index is 230. The molecule has 0 bridgehead atoms. The van der Waals surface area contributed by atoms with E-state index in [0.29, 0.717) is 17.7 Å². The van der Waals surface area contributed by atoms with E-state index >= 15 is 0 Å². The van der Waals surface area contributed by atoms with Gasteiger partial charge in [-0.3, -0.25) is 4.79 Å². The van der Waals surface area contributed by atoms with Crippen molar-refractivity contribution >= 4 is 17.7 Å². The molecule has 4 heteroatoms. The quantitative estimate of drug-likeness (QED) is 0.655. The van der Waals surface area contributed by atoms with Crippen LogP contribution < -0.4 is 5.32 Å². The number of nitrogens with one attached hydrogen (secondary N) is 1. The molecule has 0 saturated carbocycles. The van der Waals surface area contributed by atoms with Gasteiger partial charge in [0.25, 0.3) is 0 Å². The first kappa shape index (κ1) is 15.8. The molecule has 1 N–H and O–H groups in total. The zero-order valence-corrected chi connectivity index (χ0v) is 12.7. The maximum Gasteiger partial charge on any atom is 0.232 e. The van der Waals surface area contributed by atoms with Crippen molar-refractivity contribution in [2.45, 2.75) is 52.0 Å². The molecule has 1 aliphatic rings. The molecule has 1 saturated heterocycles. The molecule has 0 aromatic heterocycles. The van der Waals surface area contributed by atoms with Crippen molar-refractivity contribution in [2.24, 2.45) is 0 Å². The van der Waals surface area contributed by atoms with E-state index < -0.39 is 0 Å². The van der Waals surface area contributed by atoms with Gasteiger partial charge in [-0.1, -0.05) is 13.8 Å². The van der Waals surface area contributed by atoms with Crippen molar-refractivity contribution in [3.8, 4) is 0 Å². The molecule has 0 aromatic rings. The van der Waals surface area contributed by atoms with Crippen molar-refractivity contribution in [2.75, 3.05) is 31.1 Å². The van der Waals surface area contributed by atoms with E-state index in [2.05, 4.69) is 19.2 Å². The lowest BCUT2D eigenvalue weighted by molar-refractivity contribution is -0.127. The number of nitrogens with zero attached hydrogens (tertiary/aromatic N) is 1. The van der Waals surface area contributed by atoms with E-state index in [1.54, 1.807) is 11.8 Å². The van der Waals surface area contributed by atoms with E-state index in [1.165, 1.54) is 32.1 Å². The third kappa shape index (κ3) is 6.10. The minimum atomic E-state index is 0.344. The number of thioether (sulfide) groups is 1. The molecular weight excluding hydrogens is 244 g/mol. The van der Waals surface area contributed by atoms with Gasteiger partial charge in [-0.15, -0.1) is 0 Å². The van der Waals surface area contributed by atoms with Gasteiger partial charge < -0.3 is 10.2 Å². The van der Waals surface area contributed by atoms with Crippen LogP contribution in [0.4, 0.5) is 0 Å². The van der Waals surface area contributed by atoms with Crippen LogP contribution in [0.25, 0.3) is 0 Å². The molecule has 1 unspecified atom stereocenters. The summed E-state index contributed by atoms with van der Waals surface area (Å²) in [5.74, 6) is 2.13. The Kier molecular flexibility index (Phi) is 8.51. The van der Waals surface area contributed by atoms with Crippen molar-refractivity contribution < 1.29 is 4.79 Å². The monoisotopic (exact) mass is 272 g/mol. The number of amides is 1. The zero-order valence-electron chi connectivity index (χ0n) is 11.9. The number of likely N-dealkylation sites (tertiary alicyclic amines) is 1. The molecule has 0 aromatic carbocycles. The smallest absolute Gasteiger partial charge is 0.232 e. The van der Waals surface area contributed by atoms with Gasteiger partial charge in [0.15, 0.2) is 0 Å². The van der Waals surface area contributed by atoms with Crippen LogP contribution in [0, 0.1) is 0 Å². The molecule has 0 spiro atoms. The molecule has 0 radical (unpaired) electrons. The van der Waals surface area contributed by atoms with Crippen molar-refractivity contribution in [1.82, 2.24) is 10.2 Å². The SMILES string of the molecule is CCNC(CC)CCCSCC(=O)N1CCCC1. The highest BCUT2D eigenvalue weighted by Crippen LogP contribution is 2.12. The summed E-state index contributed by atoms with van der Waals surface area (Å²) in [4.78, 5) is 13.8. The zero-order chi connectivity index (χ0) is 13.2. The Morgan fingerprint density at radius 3 is 2.67 bits per heavy atom. The van der Waals surface area contributed by atoms with Gasteiger partial charge in [-0.2, -0.15) is 11.8 Å². The second-order valence-electron chi connectivity index (χ2n) is 4.95. The Morgan fingerprint density at radius 2 is 2.06 bits per heavy atom. The number of hydrogen-bond donors (Lipinski definition) is 1. The van der Waals surface area contributed by atoms with Gasteiger partial charge in [0.1, 0.15) is 0 Å². The summed E-state index contributed by atoms with van der Waals surface area (Å²) in [6.45, 7) is 7.41. The van der Waals surface area contributed by atoms with E-state index in [-0.39, 0.29) is 0 Å². The Balaban J connectivity index is 1.98. The van der Waals surface area contributed by atoms with Crippen LogP contribution in [0.15, 0.2) is 0 Å². The van der Waals surface area contributed by atoms with Crippen molar-refractivity contribution in [3.05, 3.63) is 0 Å². The average molecular weight is 272 g/mol. The van der Waals surface area contributed by atoms with Crippen LogP contribution in [0.1, 0.15) is 46.0 Å². The lowest BCUT2D eigenvalue weighted by atomic mass is 10.1. The molecule has 106 valence electrons. The molecule has 3 nitrogen and oxygen atoms in total. The molecule has 1 heterocycles. The highest BCUT2D eigenvalue weighted by molar-refractivity contribution is 7.99. The number of carbonyl (C=O) groups is 1. The normalized spacial score (nSPS) is 17.1. The fraction of sp³-hybridized carbons (Fsp3) is 0.929. The molecular formula is C14H28N2OS. The van der Waals surface area contributed by atoms with Crippen molar-refractivity contribution in [3.63, 3.8) is 0 Å². The largest absolute Gasteiger partial charge is 0.342 e. The first-order valence-corrected chi connectivity index (χ1v) is 8.52. The second kappa shape index (κ2) is 9.68. The molecule has 1 atom stereocenters. The number of rotatable bonds is 9. The highest BCUT2D eigenvalue weighted by Gasteiger charge is 2.17. The summed E-state index contributed by atoms with van der Waals surface area (Å²) in [6, 6.07) is 0.657. The van der Waals surface area contributed by atoms with E-state index in [9.17, 15) is 4.79 Å². The molecule has 18 heavy (non-hydrogen) atoms. The lowest BCUT2D eigenvalue weighted by Crippen LogP contribution is -2.29. The number of hydrogen-bond acceptors (Lipinski definition) is 3. The van der Waals surface area contributed by atoms with Crippen LogP contribution in [-0.4, -0.2) is 48.0 Å². The lowest BCUT2D eigenvalue weighted by Gasteiger charge is -2.16. The summed E-state index contributed by atoms with van der Waals surface area (Å²) in [6.07, 6.45) is 6.03. The topological polar surface area (TPSA) is 32.3 Å². The van der Waals surface area contributed by atoms with Gasteiger partial charge in [0.05, 0.1) is 5.75 Å². The van der Waals surface area contributed by atoms with Gasteiger partial charge >= 0.3 is 0 Å². The van der Waals surface area contributed by atoms with Gasteiger partial charge in [-0.05, 0) is 44.4 Å². The predicted octanol–water partition coefficient (Wildman–Crippen LogP) is 2.51. The Hall–Kier alpha value is -0.220. The standard InChI is InChI=1S/C14H28N2OS/c1-3-13(15-4-2)8-7-11-18-12-14(17)16-9-5-6-10-16/h13,15H,3-12H2,1-2H3. The number of carbonyl (C=O) groups excluding carboxylic acids is 1. The van der Waals surface area contributed by atoms with Crippen molar-refractivity contribution in [1.29, 1.82) is 0 Å². The van der Waals surface area contributed by atoms with Gasteiger partial charge in [0.2, 0.25) is 5.91 Å². The highest BCUT2D eigenvalue weighted by atomic mass is 32.2. The first-order valence-electron chi connectivity index (χ1n) is 7.36. The molecule has 1 amide bonds. The fourth-order valence-corrected chi connectivity index (χ4v) is 3.26. The molecule has 1 fully saturated rings. The van der Waals surface area contributed by atoms with E-state index in [1.807, 2.05) is 4.90 Å². The second-order valence-corrected chi connectivity index (χ2v) is 6.05. The minimum absolute atomic E-state index is 0.344. The summed E-state index contributed by atoms with van der Waals surface area (Å²) < 4.78 is 0. The van der Waals surface area contributed by atoms with Gasteiger partial charge in [-0.25, -0.2) is 0 Å². The summed E-state index contributed by atoms with van der Waals surface area (Å²) in [5.41, 5.74) is 0. The maximum absolute atomic E-state index is 11.8. The van der Waals surface area contributed by atoms with Crippen LogP contribution >= 0.6 is 11.8 Å². The minimum Gasteiger partial charge on any atom is -0.342 e. The first-order chi connectivity index (χ1) is 8.77. The van der Waals surface area contributed by atoms with Gasteiger partial charge in [0, 0.05) is 19.1 Å². The summed E-state index contributed by atoms with van der Waals surface area (Å²) in [5, 5.41) is 3.49. The van der Waals surface area contributed by atoms with Crippen LogP contribution in [-0.2, 0) is 4.79 Å². The van der Waals surface area contributed by atoms with Crippen LogP contribution in [0.5, 0.6) is 0 Å². The van der Waals surface area contributed by atoms with E-state index in [0.717, 1.165) is 25.4 Å². The summed E-state index contributed by atoms with van der Waals surface area (Å²) >= 11 is 1.80. The van der Waals surface area contributed by atoms with Crippen LogP contribution in [0.2, 0.25) is 0 Å². The predicted molar refractivity (Wildman–Crippen MR) is 80.1 cm³/mol. The maximum atomic E-state index is 11.8. The Morgan fingerprint density at radius 1 is 1.33 bits per heavy atom. The molecule has 1 rings (SSSR count).